The van der Waals surface area contributed by atoms with E-state index in [-0.39, 0.29) is 11.3 Å². The lowest BCUT2D eigenvalue weighted by Crippen LogP contribution is -2.29. The van der Waals surface area contributed by atoms with Crippen molar-refractivity contribution in [2.75, 3.05) is 11.9 Å². The third-order valence-corrected chi connectivity index (χ3v) is 2.39. The largest absolute Gasteiger partial charge is 0.356 e. The number of aryl methyl sites for hydroxylation is 1. The van der Waals surface area contributed by atoms with Crippen molar-refractivity contribution in [1.29, 1.82) is 5.26 Å². The minimum absolute atomic E-state index is 0.111. The summed E-state index contributed by atoms with van der Waals surface area (Å²) in [6.45, 7) is 3.83. The van der Waals surface area contributed by atoms with Gasteiger partial charge in [-0.05, 0) is 25.4 Å². The fourth-order valence-electron chi connectivity index (χ4n) is 1.19. The number of nitrogens with zero attached hydrogens (tertiary/aromatic N) is 4. The molecule has 0 amide bonds. The number of rotatable bonds is 3. The van der Waals surface area contributed by atoms with Crippen molar-refractivity contribution >= 4 is 17.4 Å². The summed E-state index contributed by atoms with van der Waals surface area (Å²) in [4.78, 5) is 10.0. The molecule has 0 aromatic carbocycles. The molecule has 0 aliphatic heterocycles. The Morgan fingerprint density at radius 2 is 2.27 bits per heavy atom. The Bertz CT molecular complexity index is 365. The van der Waals surface area contributed by atoms with Crippen LogP contribution in [0.3, 0.4) is 0 Å². The molecule has 0 radical (unpaired) electrons. The molecule has 0 spiro atoms. The zero-order chi connectivity index (χ0) is 11.4. The van der Waals surface area contributed by atoms with Crippen molar-refractivity contribution < 1.29 is 0 Å². The Morgan fingerprint density at radius 3 is 2.80 bits per heavy atom. The summed E-state index contributed by atoms with van der Waals surface area (Å²) in [6.07, 6.45) is 0.456. The quantitative estimate of drug-likeness (QED) is 0.739. The molecule has 1 atom stereocenters. The highest BCUT2D eigenvalue weighted by molar-refractivity contribution is 6.28. The van der Waals surface area contributed by atoms with Gasteiger partial charge in [0.25, 0.3) is 0 Å². The normalized spacial score (nSPS) is 11.9. The van der Waals surface area contributed by atoms with Crippen molar-refractivity contribution in [3.63, 3.8) is 0 Å². The van der Waals surface area contributed by atoms with E-state index in [4.69, 9.17) is 16.9 Å². The van der Waals surface area contributed by atoms with Crippen LogP contribution in [-0.2, 0) is 0 Å². The molecule has 5 heteroatoms. The van der Waals surface area contributed by atoms with Gasteiger partial charge in [-0.3, -0.25) is 0 Å². The topological polar surface area (TPSA) is 52.8 Å². The number of hydrogen-bond donors (Lipinski definition) is 0. The zero-order valence-electron chi connectivity index (χ0n) is 9.03. The van der Waals surface area contributed by atoms with Crippen molar-refractivity contribution in [2.45, 2.75) is 26.3 Å². The molecule has 0 fully saturated rings. The second-order valence-electron chi connectivity index (χ2n) is 3.46. The lowest BCUT2D eigenvalue weighted by molar-refractivity contribution is 0.692. The maximum absolute atomic E-state index is 8.61. The van der Waals surface area contributed by atoms with E-state index in [1.165, 1.54) is 0 Å². The Morgan fingerprint density at radius 1 is 1.60 bits per heavy atom. The fraction of sp³-hybridized carbons (Fsp3) is 0.500. The minimum Gasteiger partial charge on any atom is -0.356 e. The van der Waals surface area contributed by atoms with E-state index in [1.807, 2.05) is 31.9 Å². The molecule has 1 rings (SSSR count). The SMILES string of the molecule is Cc1cc(N(C)C(C)CC#N)nc(Cl)n1. The molecule has 4 nitrogen and oxygen atoms in total. The Kier molecular flexibility index (Phi) is 3.87. The van der Waals surface area contributed by atoms with E-state index in [0.717, 1.165) is 11.5 Å². The molecule has 0 aliphatic carbocycles. The van der Waals surface area contributed by atoms with Crippen molar-refractivity contribution in [2.24, 2.45) is 0 Å². The molecule has 0 saturated carbocycles. The van der Waals surface area contributed by atoms with Crippen LogP contribution in [0, 0.1) is 18.3 Å². The molecular weight excluding hydrogens is 212 g/mol. The minimum atomic E-state index is 0.111. The molecule has 1 aromatic heterocycles. The van der Waals surface area contributed by atoms with E-state index in [2.05, 4.69) is 16.0 Å². The first-order valence-electron chi connectivity index (χ1n) is 4.65. The highest BCUT2D eigenvalue weighted by atomic mass is 35.5. The van der Waals surface area contributed by atoms with Crippen molar-refractivity contribution in [1.82, 2.24) is 9.97 Å². The third-order valence-electron chi connectivity index (χ3n) is 2.22. The van der Waals surface area contributed by atoms with Crippen molar-refractivity contribution in [3.05, 3.63) is 17.0 Å². The standard InChI is InChI=1S/C10H13ClN4/c1-7-6-9(14-10(11)13-7)15(3)8(2)4-5-12/h6,8H,4H2,1-3H3. The first kappa shape index (κ1) is 11.7. The van der Waals surface area contributed by atoms with E-state index in [1.54, 1.807) is 0 Å². The second kappa shape index (κ2) is 4.94. The van der Waals surface area contributed by atoms with Crippen LogP contribution in [0.4, 0.5) is 5.82 Å². The summed E-state index contributed by atoms with van der Waals surface area (Å²) in [5.74, 6) is 0.746. The average Bonchev–Trinajstić information content (AvgIpc) is 2.15. The van der Waals surface area contributed by atoms with Gasteiger partial charge < -0.3 is 4.90 Å². The molecule has 0 N–H and O–H groups in total. The fourth-order valence-corrected chi connectivity index (χ4v) is 1.41. The molecule has 0 aliphatic rings. The van der Waals surface area contributed by atoms with E-state index >= 15 is 0 Å². The molecule has 1 aromatic rings. The molecule has 0 bridgehead atoms. The van der Waals surface area contributed by atoms with E-state index in [0.29, 0.717) is 6.42 Å². The summed E-state index contributed by atoms with van der Waals surface area (Å²) in [5, 5.41) is 8.84. The number of hydrogen-bond acceptors (Lipinski definition) is 4. The Hall–Kier alpha value is -1.34. The Labute approximate surface area is 94.5 Å². The van der Waals surface area contributed by atoms with Crippen LogP contribution in [0.25, 0.3) is 0 Å². The smallest absolute Gasteiger partial charge is 0.224 e. The number of nitriles is 1. The Balaban J connectivity index is 2.91. The predicted molar refractivity (Wildman–Crippen MR) is 59.9 cm³/mol. The predicted octanol–water partition coefficient (Wildman–Crippen LogP) is 2.18. The summed E-state index contributed by atoms with van der Waals surface area (Å²) in [5.41, 5.74) is 0.820. The molecule has 1 unspecified atom stereocenters. The molecule has 80 valence electrons. The maximum atomic E-state index is 8.61. The summed E-state index contributed by atoms with van der Waals surface area (Å²) in [6, 6.07) is 4.09. The van der Waals surface area contributed by atoms with Crippen LogP contribution < -0.4 is 4.90 Å². The van der Waals surface area contributed by atoms with Gasteiger partial charge in [0, 0.05) is 24.8 Å². The van der Waals surface area contributed by atoms with Gasteiger partial charge in [0.1, 0.15) is 5.82 Å². The highest BCUT2D eigenvalue weighted by Crippen LogP contribution is 2.16. The lowest BCUT2D eigenvalue weighted by Gasteiger charge is -2.24. The molecule has 1 heterocycles. The van der Waals surface area contributed by atoms with E-state index < -0.39 is 0 Å². The summed E-state index contributed by atoms with van der Waals surface area (Å²) < 4.78 is 0. The van der Waals surface area contributed by atoms with Gasteiger partial charge in [0.15, 0.2) is 0 Å². The van der Waals surface area contributed by atoms with Crippen LogP contribution in [0.15, 0.2) is 6.07 Å². The lowest BCUT2D eigenvalue weighted by atomic mass is 10.2. The van der Waals surface area contributed by atoms with Crippen LogP contribution in [0.5, 0.6) is 0 Å². The van der Waals surface area contributed by atoms with Gasteiger partial charge in [-0.15, -0.1) is 0 Å². The van der Waals surface area contributed by atoms with Gasteiger partial charge in [-0.25, -0.2) is 9.97 Å². The number of anilines is 1. The van der Waals surface area contributed by atoms with Gasteiger partial charge in [0.2, 0.25) is 5.28 Å². The van der Waals surface area contributed by atoms with Crippen LogP contribution in [-0.4, -0.2) is 23.1 Å². The first-order chi connectivity index (χ1) is 7.04. The molecule has 0 saturated heterocycles. The van der Waals surface area contributed by atoms with Gasteiger partial charge in [-0.2, -0.15) is 5.26 Å². The molecular formula is C10H13ClN4. The highest BCUT2D eigenvalue weighted by Gasteiger charge is 2.12. The zero-order valence-corrected chi connectivity index (χ0v) is 9.78. The molecule has 15 heavy (non-hydrogen) atoms. The summed E-state index contributed by atoms with van der Waals surface area (Å²) in [7, 11) is 1.89. The first-order valence-corrected chi connectivity index (χ1v) is 5.03. The monoisotopic (exact) mass is 224 g/mol. The van der Waals surface area contributed by atoms with Crippen LogP contribution >= 0.6 is 11.6 Å². The number of halogens is 1. The maximum Gasteiger partial charge on any atom is 0.224 e. The van der Waals surface area contributed by atoms with Gasteiger partial charge in [0.05, 0.1) is 12.5 Å². The van der Waals surface area contributed by atoms with Crippen LogP contribution in [0.1, 0.15) is 19.0 Å². The summed E-state index contributed by atoms with van der Waals surface area (Å²) >= 11 is 5.76. The van der Waals surface area contributed by atoms with Crippen molar-refractivity contribution in [3.8, 4) is 6.07 Å². The van der Waals surface area contributed by atoms with E-state index in [9.17, 15) is 0 Å². The average molecular weight is 225 g/mol. The van der Waals surface area contributed by atoms with Gasteiger partial charge in [-0.1, -0.05) is 0 Å². The van der Waals surface area contributed by atoms with Crippen LogP contribution in [0.2, 0.25) is 5.28 Å². The number of aromatic nitrogens is 2. The van der Waals surface area contributed by atoms with Gasteiger partial charge >= 0.3 is 0 Å². The third kappa shape index (κ3) is 3.07. The second-order valence-corrected chi connectivity index (χ2v) is 3.80.